The Morgan fingerprint density at radius 2 is 0.630 bits per heavy atom. The highest BCUT2D eigenvalue weighted by Crippen LogP contribution is 2.15. The Labute approximate surface area is 313 Å². The fraction of sp³-hybridized carbons (Fsp3) is 0.583. The Balaban J connectivity index is 3.65. The highest BCUT2D eigenvalue weighted by Gasteiger charge is 2.29. The normalized spacial score (nSPS) is 12.1. The molecule has 0 unspecified atom stereocenters. The Morgan fingerprint density at radius 1 is 0.407 bits per heavy atom. The Bertz CT molecular complexity index is 1300. The number of esters is 6. The van der Waals surface area contributed by atoms with E-state index >= 15 is 0 Å². The highest BCUT2D eigenvalue weighted by molar-refractivity contribution is 6.06. The first-order valence-electron chi connectivity index (χ1n) is 17.8. The lowest BCUT2D eigenvalue weighted by molar-refractivity contribution is -0.148. The van der Waals surface area contributed by atoms with Crippen LogP contribution < -0.4 is 16.0 Å². The first kappa shape index (κ1) is 46.5. The van der Waals surface area contributed by atoms with Gasteiger partial charge in [0.2, 0.25) is 0 Å². The van der Waals surface area contributed by atoms with Gasteiger partial charge >= 0.3 is 35.8 Å². The van der Waals surface area contributed by atoms with Gasteiger partial charge in [0.1, 0.15) is 18.1 Å². The van der Waals surface area contributed by atoms with Gasteiger partial charge in [0.25, 0.3) is 17.7 Å². The number of hydrogen-bond acceptors (Lipinski definition) is 15. The first-order chi connectivity index (χ1) is 25.7. The zero-order valence-corrected chi connectivity index (χ0v) is 31.6. The summed E-state index contributed by atoms with van der Waals surface area (Å²) in [6.45, 7) is 9.59. The monoisotopic (exact) mass is 765 g/mol. The van der Waals surface area contributed by atoms with Crippen molar-refractivity contribution >= 4 is 53.5 Å². The highest BCUT2D eigenvalue weighted by atomic mass is 16.6. The predicted octanol–water partition coefficient (Wildman–Crippen LogP) is 1.70. The molecular weight excluding hydrogens is 714 g/mol. The van der Waals surface area contributed by atoms with Crippen LogP contribution in [0.2, 0.25) is 0 Å². The van der Waals surface area contributed by atoms with E-state index in [1.807, 2.05) is 0 Å². The van der Waals surface area contributed by atoms with E-state index in [0.717, 1.165) is 18.2 Å². The Kier molecular flexibility index (Phi) is 21.9. The summed E-state index contributed by atoms with van der Waals surface area (Å²) in [5, 5.41) is 7.36. The van der Waals surface area contributed by atoms with Crippen LogP contribution in [0, 0.1) is 0 Å². The lowest BCUT2D eigenvalue weighted by Gasteiger charge is -2.20. The van der Waals surface area contributed by atoms with Crippen LogP contribution in [0.1, 0.15) is 111 Å². The van der Waals surface area contributed by atoms with E-state index in [1.54, 1.807) is 41.5 Å². The average molecular weight is 766 g/mol. The maximum atomic E-state index is 13.6. The van der Waals surface area contributed by atoms with Gasteiger partial charge in [-0.1, -0.05) is 0 Å². The van der Waals surface area contributed by atoms with E-state index in [-0.39, 0.29) is 94.9 Å². The number of amides is 3. The molecule has 3 amide bonds. The maximum absolute atomic E-state index is 13.6. The summed E-state index contributed by atoms with van der Waals surface area (Å²) in [6.07, 6.45) is -1.39. The number of hydrogen-bond donors (Lipinski definition) is 3. The summed E-state index contributed by atoms with van der Waals surface area (Å²) in [4.78, 5) is 115. The van der Waals surface area contributed by atoms with Crippen molar-refractivity contribution in [1.82, 2.24) is 16.0 Å². The Hall–Kier alpha value is -5.55. The largest absolute Gasteiger partial charge is 0.466 e. The number of benzene rings is 1. The van der Waals surface area contributed by atoms with E-state index in [0.29, 0.717) is 0 Å². The summed E-state index contributed by atoms with van der Waals surface area (Å²) >= 11 is 0. The van der Waals surface area contributed by atoms with E-state index in [2.05, 4.69) is 16.0 Å². The van der Waals surface area contributed by atoms with Crippen LogP contribution >= 0.6 is 0 Å². The molecule has 18 nitrogen and oxygen atoms in total. The molecular formula is C36H51N3O15. The second-order valence-corrected chi connectivity index (χ2v) is 11.2. The summed E-state index contributed by atoms with van der Waals surface area (Å²) in [6, 6.07) is -0.805. The average Bonchev–Trinajstić information content (AvgIpc) is 3.13. The van der Waals surface area contributed by atoms with Gasteiger partial charge in [-0.15, -0.1) is 0 Å². The minimum absolute atomic E-state index is 0.0415. The van der Waals surface area contributed by atoms with Gasteiger partial charge in [-0.2, -0.15) is 0 Å². The third-order valence-corrected chi connectivity index (χ3v) is 7.18. The zero-order chi connectivity index (χ0) is 40.6. The fourth-order valence-corrected chi connectivity index (χ4v) is 4.71. The van der Waals surface area contributed by atoms with Crippen LogP contribution in [0.3, 0.4) is 0 Å². The molecule has 3 N–H and O–H groups in total. The van der Waals surface area contributed by atoms with Gasteiger partial charge in [-0.05, 0) is 79.0 Å². The third-order valence-electron chi connectivity index (χ3n) is 7.18. The molecule has 1 aromatic rings. The van der Waals surface area contributed by atoms with Crippen molar-refractivity contribution in [2.24, 2.45) is 0 Å². The van der Waals surface area contributed by atoms with Crippen molar-refractivity contribution in [3.05, 3.63) is 34.9 Å². The van der Waals surface area contributed by atoms with Gasteiger partial charge in [-0.3, -0.25) is 28.8 Å². The minimum atomic E-state index is -1.34. The molecule has 0 fully saturated rings. The SMILES string of the molecule is CCOC(=O)CC[C@H](NC(=O)c1cc(C(=O)N[C@@H](CCC(=O)OCC)C(=O)OCC)cc(C(=O)N[C@@H](CCC(=O)OCC)C(=O)OCC)c1)C(=O)OCC. The molecule has 0 bridgehead atoms. The lowest BCUT2D eigenvalue weighted by Crippen LogP contribution is -2.44. The molecule has 0 aromatic heterocycles. The summed E-state index contributed by atoms with van der Waals surface area (Å²) < 4.78 is 29.9. The van der Waals surface area contributed by atoms with Gasteiger partial charge in [0, 0.05) is 36.0 Å². The van der Waals surface area contributed by atoms with Crippen LogP contribution in [0.5, 0.6) is 0 Å². The van der Waals surface area contributed by atoms with Crippen LogP contribution in [0.15, 0.2) is 18.2 Å². The minimum Gasteiger partial charge on any atom is -0.466 e. The van der Waals surface area contributed by atoms with Gasteiger partial charge < -0.3 is 44.4 Å². The molecule has 0 saturated carbocycles. The molecule has 0 aliphatic rings. The standard InChI is InChI=1S/C36H51N3O15/c1-7-49-28(40)16-13-25(34(46)52-10-4)37-31(43)22-19-23(32(44)38-26(35(47)53-11-5)14-17-29(41)50-8-2)21-24(20-22)33(45)39-27(36(48)54-12-6)15-18-30(42)51-9-3/h19-21,25-27H,7-18H2,1-6H3,(H,37,43)(H,38,44)(H,39,45)/t25-,26-,27-/m0/s1. The summed E-state index contributed by atoms with van der Waals surface area (Å²) in [5.41, 5.74) is -0.968. The zero-order valence-electron chi connectivity index (χ0n) is 31.6. The number of nitrogens with one attached hydrogen (secondary N) is 3. The summed E-state index contributed by atoms with van der Waals surface area (Å²) in [5.74, 6) is -7.36. The van der Waals surface area contributed by atoms with Gasteiger partial charge in [0.15, 0.2) is 0 Å². The molecule has 54 heavy (non-hydrogen) atoms. The number of carbonyl (C=O) groups is 9. The van der Waals surface area contributed by atoms with E-state index in [9.17, 15) is 43.2 Å². The molecule has 1 rings (SSSR count). The molecule has 0 heterocycles. The van der Waals surface area contributed by atoms with Crippen molar-refractivity contribution < 1.29 is 71.6 Å². The molecule has 1 aromatic carbocycles. The fourth-order valence-electron chi connectivity index (χ4n) is 4.71. The van der Waals surface area contributed by atoms with E-state index in [4.69, 9.17) is 28.4 Å². The second kappa shape index (κ2) is 25.4. The number of rotatable bonds is 24. The smallest absolute Gasteiger partial charge is 0.328 e. The molecule has 0 spiro atoms. The topological polar surface area (TPSA) is 245 Å². The van der Waals surface area contributed by atoms with Crippen molar-refractivity contribution in [1.29, 1.82) is 0 Å². The van der Waals surface area contributed by atoms with Crippen molar-refractivity contribution in [3.8, 4) is 0 Å². The van der Waals surface area contributed by atoms with Gasteiger partial charge in [-0.25, -0.2) is 14.4 Å². The van der Waals surface area contributed by atoms with Crippen LogP contribution in [0.4, 0.5) is 0 Å². The van der Waals surface area contributed by atoms with Crippen molar-refractivity contribution in [2.45, 2.75) is 98.2 Å². The lowest BCUT2D eigenvalue weighted by atomic mass is 10.0. The van der Waals surface area contributed by atoms with Crippen molar-refractivity contribution in [2.75, 3.05) is 39.6 Å². The first-order valence-corrected chi connectivity index (χ1v) is 17.8. The number of ether oxygens (including phenoxy) is 6. The van der Waals surface area contributed by atoms with Crippen molar-refractivity contribution in [3.63, 3.8) is 0 Å². The predicted molar refractivity (Wildman–Crippen MR) is 188 cm³/mol. The van der Waals surface area contributed by atoms with E-state index in [1.165, 1.54) is 0 Å². The molecule has 3 atom stereocenters. The molecule has 300 valence electrons. The molecule has 0 aliphatic carbocycles. The van der Waals surface area contributed by atoms with Crippen LogP contribution in [-0.2, 0) is 57.2 Å². The third kappa shape index (κ3) is 16.9. The maximum Gasteiger partial charge on any atom is 0.328 e. The van der Waals surface area contributed by atoms with Gasteiger partial charge in [0.05, 0.1) is 39.6 Å². The van der Waals surface area contributed by atoms with Crippen LogP contribution in [-0.4, -0.2) is 111 Å². The summed E-state index contributed by atoms with van der Waals surface area (Å²) in [7, 11) is 0. The Morgan fingerprint density at radius 3 is 0.833 bits per heavy atom. The number of carbonyl (C=O) groups excluding carboxylic acids is 9. The molecule has 18 heteroatoms. The quantitative estimate of drug-likeness (QED) is 0.100. The van der Waals surface area contributed by atoms with E-state index < -0.39 is 71.7 Å². The van der Waals surface area contributed by atoms with Crippen LogP contribution in [0.25, 0.3) is 0 Å². The molecule has 0 aliphatic heterocycles. The molecule has 0 radical (unpaired) electrons. The molecule has 0 saturated heterocycles. The second-order valence-electron chi connectivity index (χ2n) is 11.2.